The van der Waals surface area contributed by atoms with E-state index >= 15 is 0 Å². The van der Waals surface area contributed by atoms with Crippen LogP contribution in [0.2, 0.25) is 0 Å². The highest BCUT2D eigenvalue weighted by molar-refractivity contribution is 5.78. The van der Waals surface area contributed by atoms with Crippen LogP contribution in [0, 0.1) is 17.8 Å². The molecule has 2 fully saturated rings. The highest BCUT2D eigenvalue weighted by atomic mass is 16.2. The standard InChI is InChI=1S/C17H32N2O/c1-3-16(11-14-7-4-5-8-14)17(20)19-10-6-9-15(13-19)12-18-2/h14-16,18H,3-13H2,1-2H3. The Hall–Kier alpha value is -0.570. The number of likely N-dealkylation sites (tertiary alicyclic amines) is 1. The first-order valence-electron chi connectivity index (χ1n) is 8.68. The molecule has 0 aromatic rings. The molecule has 0 aromatic heterocycles. The van der Waals surface area contributed by atoms with E-state index in [1.165, 1.54) is 38.5 Å². The van der Waals surface area contributed by atoms with Crippen molar-refractivity contribution in [3.63, 3.8) is 0 Å². The Morgan fingerprint density at radius 2 is 1.90 bits per heavy atom. The van der Waals surface area contributed by atoms with Gasteiger partial charge in [0.05, 0.1) is 0 Å². The topological polar surface area (TPSA) is 32.3 Å². The van der Waals surface area contributed by atoms with E-state index in [9.17, 15) is 4.79 Å². The molecule has 116 valence electrons. The number of carbonyl (C=O) groups excluding carboxylic acids is 1. The Morgan fingerprint density at radius 1 is 1.20 bits per heavy atom. The van der Waals surface area contributed by atoms with Crippen molar-refractivity contribution in [3.8, 4) is 0 Å². The lowest BCUT2D eigenvalue weighted by Gasteiger charge is -2.35. The zero-order valence-electron chi connectivity index (χ0n) is 13.4. The largest absolute Gasteiger partial charge is 0.342 e. The first-order chi connectivity index (χ1) is 9.74. The van der Waals surface area contributed by atoms with Crippen molar-refractivity contribution in [2.24, 2.45) is 17.8 Å². The van der Waals surface area contributed by atoms with E-state index in [-0.39, 0.29) is 5.92 Å². The zero-order valence-corrected chi connectivity index (χ0v) is 13.4. The summed E-state index contributed by atoms with van der Waals surface area (Å²) in [5, 5.41) is 3.26. The van der Waals surface area contributed by atoms with Gasteiger partial charge in [0.2, 0.25) is 5.91 Å². The van der Waals surface area contributed by atoms with Crippen LogP contribution in [0.25, 0.3) is 0 Å². The number of piperidine rings is 1. The van der Waals surface area contributed by atoms with Gasteiger partial charge in [-0.2, -0.15) is 0 Å². The lowest BCUT2D eigenvalue weighted by Crippen LogP contribution is -2.45. The predicted molar refractivity (Wildman–Crippen MR) is 83.6 cm³/mol. The van der Waals surface area contributed by atoms with Crippen LogP contribution in [0.15, 0.2) is 0 Å². The molecule has 0 radical (unpaired) electrons. The lowest BCUT2D eigenvalue weighted by atomic mass is 9.89. The molecule has 3 nitrogen and oxygen atoms in total. The molecule has 2 rings (SSSR count). The number of hydrogen-bond donors (Lipinski definition) is 1. The van der Waals surface area contributed by atoms with Crippen molar-refractivity contribution in [1.29, 1.82) is 0 Å². The van der Waals surface area contributed by atoms with Gasteiger partial charge in [0, 0.05) is 19.0 Å². The molecule has 1 saturated heterocycles. The van der Waals surface area contributed by atoms with Crippen LogP contribution in [0.5, 0.6) is 0 Å². The minimum absolute atomic E-state index is 0.284. The molecule has 0 bridgehead atoms. The molecule has 1 N–H and O–H groups in total. The van der Waals surface area contributed by atoms with Gasteiger partial charge >= 0.3 is 0 Å². The van der Waals surface area contributed by atoms with E-state index in [2.05, 4.69) is 17.1 Å². The highest BCUT2D eigenvalue weighted by Crippen LogP contribution is 2.32. The normalized spacial score (nSPS) is 25.9. The first-order valence-corrected chi connectivity index (χ1v) is 8.68. The SMILES string of the molecule is CCC(CC1CCCC1)C(=O)N1CCCC(CNC)C1. The second-order valence-corrected chi connectivity index (χ2v) is 6.84. The summed E-state index contributed by atoms with van der Waals surface area (Å²) in [4.78, 5) is 14.9. The molecular weight excluding hydrogens is 248 g/mol. The monoisotopic (exact) mass is 280 g/mol. The smallest absolute Gasteiger partial charge is 0.225 e. The van der Waals surface area contributed by atoms with Crippen LogP contribution < -0.4 is 5.32 Å². The number of rotatable bonds is 6. The van der Waals surface area contributed by atoms with E-state index in [1.807, 2.05) is 7.05 Å². The van der Waals surface area contributed by atoms with Crippen molar-refractivity contribution in [2.75, 3.05) is 26.7 Å². The summed E-state index contributed by atoms with van der Waals surface area (Å²) >= 11 is 0. The second-order valence-electron chi connectivity index (χ2n) is 6.84. The minimum atomic E-state index is 0.284. The van der Waals surface area contributed by atoms with Crippen LogP contribution in [0.4, 0.5) is 0 Å². The molecule has 2 unspecified atom stereocenters. The fourth-order valence-corrected chi connectivity index (χ4v) is 4.07. The Kier molecular flexibility index (Phi) is 6.34. The summed E-state index contributed by atoms with van der Waals surface area (Å²) in [5.74, 6) is 2.20. The van der Waals surface area contributed by atoms with Gasteiger partial charge in [-0.3, -0.25) is 4.79 Å². The van der Waals surface area contributed by atoms with Crippen molar-refractivity contribution < 1.29 is 4.79 Å². The minimum Gasteiger partial charge on any atom is -0.342 e. The maximum Gasteiger partial charge on any atom is 0.225 e. The molecule has 2 aliphatic rings. The molecule has 1 heterocycles. The maximum absolute atomic E-state index is 12.8. The van der Waals surface area contributed by atoms with Gasteiger partial charge in [0.15, 0.2) is 0 Å². The molecule has 20 heavy (non-hydrogen) atoms. The van der Waals surface area contributed by atoms with E-state index in [4.69, 9.17) is 0 Å². The molecule has 1 aliphatic heterocycles. The van der Waals surface area contributed by atoms with Gasteiger partial charge < -0.3 is 10.2 Å². The Balaban J connectivity index is 1.86. The van der Waals surface area contributed by atoms with E-state index < -0.39 is 0 Å². The van der Waals surface area contributed by atoms with E-state index in [0.717, 1.165) is 38.4 Å². The molecule has 2 atom stereocenters. The average molecular weight is 280 g/mol. The molecule has 0 aromatic carbocycles. The maximum atomic E-state index is 12.8. The van der Waals surface area contributed by atoms with Gasteiger partial charge in [-0.15, -0.1) is 0 Å². The van der Waals surface area contributed by atoms with Gasteiger partial charge in [-0.1, -0.05) is 32.6 Å². The molecule has 1 saturated carbocycles. The Labute approximate surface area is 124 Å². The van der Waals surface area contributed by atoms with Crippen molar-refractivity contribution in [2.45, 2.75) is 58.3 Å². The number of amides is 1. The fourth-order valence-electron chi connectivity index (χ4n) is 4.07. The van der Waals surface area contributed by atoms with Crippen LogP contribution >= 0.6 is 0 Å². The number of hydrogen-bond acceptors (Lipinski definition) is 2. The van der Waals surface area contributed by atoms with Gasteiger partial charge in [-0.05, 0) is 51.1 Å². The highest BCUT2D eigenvalue weighted by Gasteiger charge is 2.30. The Bertz CT molecular complexity index is 297. The Morgan fingerprint density at radius 3 is 2.55 bits per heavy atom. The first kappa shape index (κ1) is 15.8. The van der Waals surface area contributed by atoms with Crippen LogP contribution in [-0.2, 0) is 4.79 Å². The molecular formula is C17H32N2O. The molecule has 1 aliphatic carbocycles. The summed E-state index contributed by atoms with van der Waals surface area (Å²) in [5.41, 5.74) is 0. The third-order valence-corrected chi connectivity index (χ3v) is 5.26. The second kappa shape index (κ2) is 8.02. The molecule has 3 heteroatoms. The zero-order chi connectivity index (χ0) is 14.4. The van der Waals surface area contributed by atoms with Crippen LogP contribution in [0.3, 0.4) is 0 Å². The number of carbonyl (C=O) groups is 1. The van der Waals surface area contributed by atoms with Crippen molar-refractivity contribution >= 4 is 5.91 Å². The third kappa shape index (κ3) is 4.21. The average Bonchev–Trinajstić information content (AvgIpc) is 2.98. The van der Waals surface area contributed by atoms with E-state index in [0.29, 0.717) is 11.8 Å². The third-order valence-electron chi connectivity index (χ3n) is 5.26. The summed E-state index contributed by atoms with van der Waals surface area (Å²) in [6, 6.07) is 0. The van der Waals surface area contributed by atoms with Crippen LogP contribution in [-0.4, -0.2) is 37.5 Å². The van der Waals surface area contributed by atoms with Gasteiger partial charge in [0.1, 0.15) is 0 Å². The number of nitrogens with one attached hydrogen (secondary N) is 1. The van der Waals surface area contributed by atoms with E-state index in [1.54, 1.807) is 0 Å². The quantitative estimate of drug-likeness (QED) is 0.811. The van der Waals surface area contributed by atoms with Crippen molar-refractivity contribution in [3.05, 3.63) is 0 Å². The predicted octanol–water partition coefficient (Wildman–Crippen LogP) is 3.05. The van der Waals surface area contributed by atoms with Gasteiger partial charge in [-0.25, -0.2) is 0 Å². The molecule has 1 amide bonds. The molecule has 0 spiro atoms. The summed E-state index contributed by atoms with van der Waals surface area (Å²) in [7, 11) is 2.01. The summed E-state index contributed by atoms with van der Waals surface area (Å²) < 4.78 is 0. The number of nitrogens with zero attached hydrogens (tertiary/aromatic N) is 1. The summed E-state index contributed by atoms with van der Waals surface area (Å²) in [6.45, 7) is 5.19. The fraction of sp³-hybridized carbons (Fsp3) is 0.941. The summed E-state index contributed by atoms with van der Waals surface area (Å²) in [6.07, 6.45) is 10.1. The lowest BCUT2D eigenvalue weighted by molar-refractivity contribution is -0.138. The van der Waals surface area contributed by atoms with Gasteiger partial charge in [0.25, 0.3) is 0 Å². The van der Waals surface area contributed by atoms with Crippen LogP contribution in [0.1, 0.15) is 58.3 Å². The van der Waals surface area contributed by atoms with Crippen molar-refractivity contribution in [1.82, 2.24) is 10.2 Å².